The summed E-state index contributed by atoms with van der Waals surface area (Å²) in [6.45, 7) is 6.11. The van der Waals surface area contributed by atoms with Crippen LogP contribution < -0.4 is 20.1 Å². The van der Waals surface area contributed by atoms with E-state index >= 15 is 0 Å². The number of unbranched alkanes of at least 4 members (excludes halogenated alkanes) is 1. The van der Waals surface area contributed by atoms with E-state index < -0.39 is 0 Å². The Balaban J connectivity index is 0.00000625. The van der Waals surface area contributed by atoms with Gasteiger partial charge in [0.25, 0.3) is 0 Å². The summed E-state index contributed by atoms with van der Waals surface area (Å²) in [4.78, 5) is 4.21. The van der Waals surface area contributed by atoms with E-state index in [-0.39, 0.29) is 24.0 Å². The van der Waals surface area contributed by atoms with E-state index in [1.165, 1.54) is 6.42 Å². The van der Waals surface area contributed by atoms with Crippen molar-refractivity contribution in [1.29, 1.82) is 0 Å². The number of ether oxygens (including phenoxy) is 3. The number of halogens is 1. The van der Waals surface area contributed by atoms with Gasteiger partial charge in [-0.05, 0) is 31.4 Å². The average molecular weight is 479 g/mol. The van der Waals surface area contributed by atoms with Crippen LogP contribution in [0.2, 0.25) is 0 Å². The van der Waals surface area contributed by atoms with E-state index in [1.807, 2.05) is 24.3 Å². The molecule has 2 N–H and O–H groups in total. The average Bonchev–Trinajstić information content (AvgIpc) is 2.65. The van der Waals surface area contributed by atoms with Crippen LogP contribution in [0.15, 0.2) is 29.3 Å². The Morgan fingerprint density at radius 1 is 1.00 bits per heavy atom. The van der Waals surface area contributed by atoms with Crippen molar-refractivity contribution < 1.29 is 14.2 Å². The first kappa shape index (κ1) is 24.8. The number of hydrogen-bond donors (Lipinski definition) is 2. The van der Waals surface area contributed by atoms with Crippen molar-refractivity contribution in [3.63, 3.8) is 0 Å². The van der Waals surface area contributed by atoms with Gasteiger partial charge in [0.1, 0.15) is 11.5 Å². The monoisotopic (exact) mass is 479 g/mol. The fourth-order valence-corrected chi connectivity index (χ4v) is 2.11. The van der Waals surface area contributed by atoms with Crippen LogP contribution >= 0.6 is 24.0 Å². The van der Waals surface area contributed by atoms with Crippen LogP contribution in [-0.2, 0) is 4.74 Å². The highest BCUT2D eigenvalue weighted by Crippen LogP contribution is 2.18. The van der Waals surface area contributed by atoms with Gasteiger partial charge in [-0.1, -0.05) is 19.4 Å². The molecule has 0 aliphatic heterocycles. The lowest BCUT2D eigenvalue weighted by Gasteiger charge is -2.12. The number of aliphatic imine (C=N–C) groups is 1. The second-order valence-corrected chi connectivity index (χ2v) is 5.63. The molecule has 0 spiro atoms. The van der Waals surface area contributed by atoms with Crippen molar-refractivity contribution in [1.82, 2.24) is 10.6 Å². The Labute approximate surface area is 175 Å². The fraction of sp³-hybridized carbons (Fsp3) is 0.632. The molecule has 0 fully saturated rings. The Hall–Kier alpha value is -1.22. The molecule has 7 heteroatoms. The molecule has 0 aromatic heterocycles. The van der Waals surface area contributed by atoms with Crippen molar-refractivity contribution in [3.8, 4) is 11.5 Å². The van der Waals surface area contributed by atoms with E-state index in [0.717, 1.165) is 63.0 Å². The predicted molar refractivity (Wildman–Crippen MR) is 118 cm³/mol. The third-order valence-corrected chi connectivity index (χ3v) is 3.55. The number of rotatable bonds is 13. The largest absolute Gasteiger partial charge is 0.497 e. The van der Waals surface area contributed by atoms with E-state index in [4.69, 9.17) is 14.2 Å². The van der Waals surface area contributed by atoms with Crippen molar-refractivity contribution in [3.05, 3.63) is 24.3 Å². The molecule has 0 amide bonds. The van der Waals surface area contributed by atoms with Crippen molar-refractivity contribution in [2.24, 2.45) is 4.99 Å². The molecule has 0 bridgehead atoms. The molecule has 6 nitrogen and oxygen atoms in total. The molecule has 26 heavy (non-hydrogen) atoms. The van der Waals surface area contributed by atoms with E-state index in [2.05, 4.69) is 22.5 Å². The van der Waals surface area contributed by atoms with Crippen molar-refractivity contribution >= 4 is 29.9 Å². The molecule has 0 aliphatic carbocycles. The highest BCUT2D eigenvalue weighted by Gasteiger charge is 1.99. The zero-order valence-corrected chi connectivity index (χ0v) is 18.6. The first-order valence-corrected chi connectivity index (χ1v) is 9.09. The van der Waals surface area contributed by atoms with E-state index in [0.29, 0.717) is 6.61 Å². The second kappa shape index (κ2) is 17.2. The molecule has 150 valence electrons. The maximum Gasteiger partial charge on any atom is 0.190 e. The Morgan fingerprint density at radius 3 is 2.31 bits per heavy atom. The highest BCUT2D eigenvalue weighted by atomic mass is 127. The highest BCUT2D eigenvalue weighted by molar-refractivity contribution is 14.0. The maximum absolute atomic E-state index is 5.71. The molecular weight excluding hydrogens is 445 g/mol. The van der Waals surface area contributed by atoms with Crippen LogP contribution in [0.3, 0.4) is 0 Å². The lowest BCUT2D eigenvalue weighted by Crippen LogP contribution is -2.38. The van der Waals surface area contributed by atoms with Crippen LogP contribution in [-0.4, -0.2) is 53.0 Å². The lowest BCUT2D eigenvalue weighted by molar-refractivity contribution is 0.129. The Morgan fingerprint density at radius 2 is 1.65 bits per heavy atom. The van der Waals surface area contributed by atoms with Crippen LogP contribution in [0.4, 0.5) is 0 Å². The van der Waals surface area contributed by atoms with E-state index in [1.54, 1.807) is 14.2 Å². The minimum absolute atomic E-state index is 0. The van der Waals surface area contributed by atoms with Gasteiger partial charge in [0.2, 0.25) is 0 Å². The number of hydrogen-bond acceptors (Lipinski definition) is 4. The molecule has 1 aromatic rings. The van der Waals surface area contributed by atoms with Gasteiger partial charge in [-0.25, -0.2) is 0 Å². The number of nitrogens with one attached hydrogen (secondary N) is 2. The fourth-order valence-electron chi connectivity index (χ4n) is 2.11. The quantitative estimate of drug-likeness (QED) is 0.196. The molecule has 1 rings (SSSR count). The first-order chi connectivity index (χ1) is 12.3. The molecule has 0 heterocycles. The molecule has 0 unspecified atom stereocenters. The molecule has 0 saturated heterocycles. The molecule has 0 radical (unpaired) electrons. The summed E-state index contributed by atoms with van der Waals surface area (Å²) in [5.41, 5.74) is 0. The summed E-state index contributed by atoms with van der Waals surface area (Å²) in [6.07, 6.45) is 4.17. The number of methoxy groups -OCH3 is 1. The normalized spacial score (nSPS) is 10.8. The molecular formula is C19H34IN3O3. The summed E-state index contributed by atoms with van der Waals surface area (Å²) in [5, 5.41) is 6.57. The maximum atomic E-state index is 5.71. The van der Waals surface area contributed by atoms with Gasteiger partial charge in [-0.3, -0.25) is 4.99 Å². The van der Waals surface area contributed by atoms with E-state index in [9.17, 15) is 0 Å². The van der Waals surface area contributed by atoms with Gasteiger partial charge in [0.05, 0.1) is 13.7 Å². The van der Waals surface area contributed by atoms with Gasteiger partial charge in [-0.2, -0.15) is 0 Å². The Kier molecular flexibility index (Phi) is 16.4. The van der Waals surface area contributed by atoms with Crippen molar-refractivity contribution in [2.75, 3.05) is 47.1 Å². The minimum atomic E-state index is 0. The van der Waals surface area contributed by atoms with Gasteiger partial charge in [0, 0.05) is 39.4 Å². The minimum Gasteiger partial charge on any atom is -0.497 e. The Bertz CT molecular complexity index is 487. The van der Waals surface area contributed by atoms with Gasteiger partial charge < -0.3 is 24.8 Å². The zero-order chi connectivity index (χ0) is 18.2. The van der Waals surface area contributed by atoms with Gasteiger partial charge in [0.15, 0.2) is 5.96 Å². The third-order valence-electron chi connectivity index (χ3n) is 3.55. The summed E-state index contributed by atoms with van der Waals surface area (Å²) in [5.74, 6) is 2.44. The molecule has 0 saturated carbocycles. The molecule has 1 aromatic carbocycles. The van der Waals surface area contributed by atoms with Gasteiger partial charge >= 0.3 is 0 Å². The summed E-state index contributed by atoms with van der Waals surface area (Å²) in [7, 11) is 3.43. The third kappa shape index (κ3) is 12.2. The zero-order valence-electron chi connectivity index (χ0n) is 16.3. The number of benzene rings is 1. The number of guanidine groups is 1. The van der Waals surface area contributed by atoms with Gasteiger partial charge in [-0.15, -0.1) is 24.0 Å². The topological polar surface area (TPSA) is 64.1 Å². The first-order valence-electron chi connectivity index (χ1n) is 9.09. The number of nitrogens with zero attached hydrogens (tertiary/aromatic N) is 1. The smallest absolute Gasteiger partial charge is 0.190 e. The van der Waals surface area contributed by atoms with Crippen LogP contribution in [0.5, 0.6) is 11.5 Å². The summed E-state index contributed by atoms with van der Waals surface area (Å²) in [6, 6.07) is 7.64. The predicted octanol–water partition coefficient (Wildman–Crippen LogP) is 3.45. The molecule has 0 atom stereocenters. The van der Waals surface area contributed by atoms with Crippen LogP contribution in [0, 0.1) is 0 Å². The second-order valence-electron chi connectivity index (χ2n) is 5.63. The summed E-state index contributed by atoms with van der Waals surface area (Å²) < 4.78 is 16.4. The lowest BCUT2D eigenvalue weighted by atomic mass is 10.3. The van der Waals surface area contributed by atoms with Crippen LogP contribution in [0.1, 0.15) is 32.6 Å². The van der Waals surface area contributed by atoms with Crippen LogP contribution in [0.25, 0.3) is 0 Å². The summed E-state index contributed by atoms with van der Waals surface area (Å²) >= 11 is 0. The SMILES string of the molecule is CCCCOCCCNC(=NC)NCCCOc1cccc(OC)c1.I. The van der Waals surface area contributed by atoms with Crippen molar-refractivity contribution in [2.45, 2.75) is 32.6 Å². The molecule has 0 aliphatic rings. The standard InChI is InChI=1S/C19H33N3O3.HI/c1-4-5-13-24-14-7-11-21-19(20-2)22-12-8-15-25-18-10-6-9-17(16-18)23-3;/h6,9-10,16H,4-5,7-8,11-15H2,1-3H3,(H2,20,21,22);1H.